The Kier molecular flexibility index (Phi) is 12.6. The Hall–Kier alpha value is -9.69. The second-order valence-electron chi connectivity index (χ2n) is 18.9. The van der Waals surface area contributed by atoms with Crippen molar-refractivity contribution in [3.63, 3.8) is 0 Å². The third-order valence-electron chi connectivity index (χ3n) is 14.0. The molecular formula is C73H50O. The number of hydrogen-bond donors (Lipinski definition) is 0. The van der Waals surface area contributed by atoms with Crippen LogP contribution in [-0.2, 0) is 0 Å². The lowest BCUT2D eigenvalue weighted by atomic mass is 9.88. The van der Waals surface area contributed by atoms with E-state index in [0.29, 0.717) is 11.1 Å². The van der Waals surface area contributed by atoms with Gasteiger partial charge in [-0.1, -0.05) is 218 Å². The summed E-state index contributed by atoms with van der Waals surface area (Å²) < 4.78 is 0. The molecule has 348 valence electrons. The van der Waals surface area contributed by atoms with Crippen molar-refractivity contribution < 1.29 is 4.79 Å². The molecule has 0 saturated heterocycles. The average molecular weight is 943 g/mol. The van der Waals surface area contributed by atoms with Crippen LogP contribution in [0.5, 0.6) is 0 Å². The molecule has 0 heterocycles. The maximum Gasteiger partial charge on any atom is 0.193 e. The minimum absolute atomic E-state index is 0.0403. The van der Waals surface area contributed by atoms with E-state index in [-0.39, 0.29) is 5.78 Å². The highest BCUT2D eigenvalue weighted by Crippen LogP contribution is 2.39. The molecule has 1 nitrogen and oxygen atoms in total. The van der Waals surface area contributed by atoms with Gasteiger partial charge in [0.1, 0.15) is 0 Å². The van der Waals surface area contributed by atoms with Gasteiger partial charge in [0.05, 0.1) is 0 Å². The molecule has 0 aromatic heterocycles. The van der Waals surface area contributed by atoms with Gasteiger partial charge in [0, 0.05) is 11.1 Å². The number of carbonyl (C=O) groups excluding carboxylic acids is 1. The summed E-state index contributed by atoms with van der Waals surface area (Å²) in [6.07, 6.45) is 0. The van der Waals surface area contributed by atoms with Crippen LogP contribution in [-0.4, -0.2) is 5.78 Å². The van der Waals surface area contributed by atoms with E-state index >= 15 is 4.79 Å². The number of ketones is 1. The van der Waals surface area contributed by atoms with Gasteiger partial charge in [-0.2, -0.15) is 0 Å². The fraction of sp³-hybridized carbons (Fsp3) is 0. The van der Waals surface area contributed by atoms with Crippen LogP contribution in [0.1, 0.15) is 15.9 Å². The van der Waals surface area contributed by atoms with Crippen LogP contribution >= 0.6 is 0 Å². The molecule has 0 aliphatic rings. The molecule has 0 spiro atoms. The van der Waals surface area contributed by atoms with Crippen molar-refractivity contribution in [2.24, 2.45) is 0 Å². The lowest BCUT2D eigenvalue weighted by Crippen LogP contribution is -2.03. The largest absolute Gasteiger partial charge is 0.289 e. The lowest BCUT2D eigenvalue weighted by molar-refractivity contribution is 0.103. The predicted octanol–water partition coefficient (Wildman–Crippen LogP) is 19.6. The predicted molar refractivity (Wildman–Crippen MR) is 311 cm³/mol. The Morgan fingerprint density at radius 1 is 0.149 bits per heavy atom. The van der Waals surface area contributed by atoms with Crippen LogP contribution in [0.15, 0.2) is 303 Å². The van der Waals surface area contributed by atoms with Crippen molar-refractivity contribution in [1.82, 2.24) is 0 Å². The van der Waals surface area contributed by atoms with Crippen LogP contribution in [0.2, 0.25) is 0 Å². The molecule has 12 aromatic carbocycles. The molecule has 12 aromatic rings. The van der Waals surface area contributed by atoms with Gasteiger partial charge in [-0.05, 0) is 196 Å². The summed E-state index contributed by atoms with van der Waals surface area (Å²) in [7, 11) is 0. The molecule has 0 unspecified atom stereocenters. The van der Waals surface area contributed by atoms with Crippen molar-refractivity contribution in [3.8, 4) is 111 Å². The molecule has 12 rings (SSSR count). The third kappa shape index (κ3) is 9.84. The van der Waals surface area contributed by atoms with Gasteiger partial charge in [-0.25, -0.2) is 0 Å². The minimum Gasteiger partial charge on any atom is -0.289 e. The topological polar surface area (TPSA) is 17.1 Å². The first-order valence-electron chi connectivity index (χ1n) is 25.2. The van der Waals surface area contributed by atoms with Crippen molar-refractivity contribution in [2.75, 3.05) is 0 Å². The highest BCUT2D eigenvalue weighted by Gasteiger charge is 2.18. The molecular weight excluding hydrogens is 893 g/mol. The first-order chi connectivity index (χ1) is 36.5. The van der Waals surface area contributed by atoms with Crippen LogP contribution in [0.25, 0.3) is 111 Å². The van der Waals surface area contributed by atoms with Crippen molar-refractivity contribution in [2.45, 2.75) is 0 Å². The monoisotopic (exact) mass is 942 g/mol. The minimum atomic E-state index is -0.0403. The van der Waals surface area contributed by atoms with Crippen LogP contribution in [0.4, 0.5) is 0 Å². The first kappa shape index (κ1) is 45.4. The molecule has 0 bridgehead atoms. The standard InChI is InChI=1S/C73H50O/c74-73(71-47-65(55-29-15-5-16-30-55)41-66(48-71)56-31-17-6-18-32-56)72-49-69(59-35-19-33-57(37-59)67-42-61(51-21-7-1-8-22-51)39-62(43-67)52-23-9-2-10-24-52)46-70(50-72)60-36-20-34-58(38-60)68-44-63(53-25-11-3-12-26-53)40-64(45-68)54-27-13-4-14-28-54/h1-50H. The van der Waals surface area contributed by atoms with Gasteiger partial charge < -0.3 is 0 Å². The highest BCUT2D eigenvalue weighted by atomic mass is 16.1. The zero-order chi connectivity index (χ0) is 49.6. The second-order valence-corrected chi connectivity index (χ2v) is 18.9. The maximum atomic E-state index is 15.4. The van der Waals surface area contributed by atoms with Gasteiger partial charge >= 0.3 is 0 Å². The van der Waals surface area contributed by atoms with Gasteiger partial charge in [-0.3, -0.25) is 4.79 Å². The lowest BCUT2D eigenvalue weighted by Gasteiger charge is -2.15. The fourth-order valence-electron chi connectivity index (χ4n) is 10.1. The molecule has 0 amide bonds. The molecule has 1 heteroatoms. The summed E-state index contributed by atoms with van der Waals surface area (Å²) in [5, 5.41) is 0. The maximum absolute atomic E-state index is 15.4. The average Bonchev–Trinajstić information content (AvgIpc) is 3.50. The molecule has 0 saturated carbocycles. The van der Waals surface area contributed by atoms with Crippen LogP contribution in [0.3, 0.4) is 0 Å². The van der Waals surface area contributed by atoms with Crippen molar-refractivity contribution in [1.29, 1.82) is 0 Å². The van der Waals surface area contributed by atoms with Gasteiger partial charge in [-0.15, -0.1) is 0 Å². The fourth-order valence-corrected chi connectivity index (χ4v) is 10.1. The van der Waals surface area contributed by atoms with E-state index < -0.39 is 0 Å². The number of carbonyl (C=O) groups is 1. The van der Waals surface area contributed by atoms with Crippen molar-refractivity contribution >= 4 is 5.78 Å². The number of benzene rings is 12. The molecule has 0 N–H and O–H groups in total. The molecule has 0 aliphatic heterocycles. The Morgan fingerprint density at radius 3 is 0.514 bits per heavy atom. The van der Waals surface area contributed by atoms with Crippen molar-refractivity contribution in [3.05, 3.63) is 314 Å². The quantitative estimate of drug-likeness (QED) is 0.112. The van der Waals surface area contributed by atoms with Crippen LogP contribution < -0.4 is 0 Å². The second kappa shape index (κ2) is 20.6. The van der Waals surface area contributed by atoms with E-state index in [1.54, 1.807) is 0 Å². The molecule has 0 aliphatic carbocycles. The SMILES string of the molecule is O=C(c1cc(-c2ccccc2)cc(-c2ccccc2)c1)c1cc(-c2cccc(-c3cc(-c4ccccc4)cc(-c4ccccc4)c3)c2)cc(-c2cccc(-c3cc(-c4ccccc4)cc(-c4ccccc4)c3)c2)c1. The van der Waals surface area contributed by atoms with E-state index in [2.05, 4.69) is 255 Å². The van der Waals surface area contributed by atoms with Gasteiger partial charge in [0.2, 0.25) is 0 Å². The first-order valence-corrected chi connectivity index (χ1v) is 25.2. The smallest absolute Gasteiger partial charge is 0.193 e. The summed E-state index contributed by atoms with van der Waals surface area (Å²) in [6, 6.07) is 107. The van der Waals surface area contributed by atoms with E-state index in [1.807, 2.05) is 48.5 Å². The molecule has 0 atom stereocenters. The molecule has 0 fully saturated rings. The Bertz CT molecular complexity index is 3560. The Balaban J connectivity index is 1.02. The van der Waals surface area contributed by atoms with E-state index in [0.717, 1.165) is 111 Å². The number of hydrogen-bond acceptors (Lipinski definition) is 1. The molecule has 74 heavy (non-hydrogen) atoms. The zero-order valence-electron chi connectivity index (χ0n) is 40.8. The Morgan fingerprint density at radius 2 is 0.297 bits per heavy atom. The summed E-state index contributed by atoms with van der Waals surface area (Å²) in [4.78, 5) is 15.4. The highest BCUT2D eigenvalue weighted by molar-refractivity contribution is 6.11. The normalized spacial score (nSPS) is 11.0. The Labute approximate surface area is 434 Å². The summed E-state index contributed by atoms with van der Waals surface area (Å²) in [5.41, 5.74) is 23.0. The zero-order valence-corrected chi connectivity index (χ0v) is 40.8. The summed E-state index contributed by atoms with van der Waals surface area (Å²) >= 11 is 0. The van der Waals surface area contributed by atoms with Crippen LogP contribution in [0, 0.1) is 0 Å². The van der Waals surface area contributed by atoms with E-state index in [4.69, 9.17) is 0 Å². The van der Waals surface area contributed by atoms with E-state index in [9.17, 15) is 0 Å². The third-order valence-corrected chi connectivity index (χ3v) is 14.0. The van der Waals surface area contributed by atoms with Gasteiger partial charge in [0.15, 0.2) is 5.78 Å². The summed E-state index contributed by atoms with van der Waals surface area (Å²) in [5.74, 6) is -0.0403. The number of rotatable bonds is 12. The van der Waals surface area contributed by atoms with E-state index in [1.165, 1.54) is 0 Å². The molecule has 0 radical (unpaired) electrons. The van der Waals surface area contributed by atoms with Gasteiger partial charge in [0.25, 0.3) is 0 Å². The summed E-state index contributed by atoms with van der Waals surface area (Å²) in [6.45, 7) is 0.